The summed E-state index contributed by atoms with van der Waals surface area (Å²) in [7, 11) is 2.01. The van der Waals surface area contributed by atoms with Gasteiger partial charge in [0.05, 0.1) is 17.2 Å². The van der Waals surface area contributed by atoms with E-state index in [2.05, 4.69) is 10.3 Å². The SMILES string of the molecule is CO[Si](CCCn1cc(-c2ccc([C@@]3(c4ccccc4)C[C@]3(c3cc(C(F)(F)F)ccc3Cl)C(O)O)cc2)nn1)(OC)OC. The first-order chi connectivity index (χ1) is 21.0. The fourth-order valence-electron chi connectivity index (χ4n) is 6.28. The van der Waals surface area contributed by atoms with E-state index >= 15 is 0 Å². The van der Waals surface area contributed by atoms with Crippen LogP contribution in [0.3, 0.4) is 0 Å². The molecular formula is C31H33ClF3N3O5Si. The molecule has 0 amide bonds. The van der Waals surface area contributed by atoms with Crippen molar-refractivity contribution in [3.63, 3.8) is 0 Å². The maximum absolute atomic E-state index is 13.7. The van der Waals surface area contributed by atoms with Gasteiger partial charge in [0, 0.05) is 49.9 Å². The molecule has 3 aromatic carbocycles. The van der Waals surface area contributed by atoms with Crippen LogP contribution in [0.25, 0.3) is 11.3 Å². The van der Waals surface area contributed by atoms with Crippen LogP contribution in [0.4, 0.5) is 13.2 Å². The third-order valence-electron chi connectivity index (χ3n) is 8.68. The molecule has 0 bridgehead atoms. The molecule has 1 fully saturated rings. The van der Waals surface area contributed by atoms with E-state index < -0.39 is 37.7 Å². The molecule has 13 heteroatoms. The third kappa shape index (κ3) is 5.60. The van der Waals surface area contributed by atoms with E-state index in [4.69, 9.17) is 24.9 Å². The number of halogens is 4. The van der Waals surface area contributed by atoms with Crippen LogP contribution in [0.1, 0.15) is 35.1 Å². The number of hydrogen-bond donors (Lipinski definition) is 2. The van der Waals surface area contributed by atoms with Gasteiger partial charge in [-0.15, -0.1) is 5.10 Å². The fraction of sp³-hybridized carbons (Fsp3) is 0.355. The van der Waals surface area contributed by atoms with Crippen molar-refractivity contribution in [2.24, 2.45) is 0 Å². The van der Waals surface area contributed by atoms with E-state index in [1.807, 2.05) is 60.8 Å². The monoisotopic (exact) mass is 647 g/mol. The molecule has 2 N–H and O–H groups in total. The van der Waals surface area contributed by atoms with Gasteiger partial charge in [0.15, 0.2) is 6.29 Å². The van der Waals surface area contributed by atoms with Crippen molar-refractivity contribution in [3.05, 3.63) is 106 Å². The van der Waals surface area contributed by atoms with Gasteiger partial charge < -0.3 is 23.5 Å². The largest absolute Gasteiger partial charge is 0.500 e. The molecule has 1 aliphatic carbocycles. The molecule has 0 aliphatic heterocycles. The van der Waals surface area contributed by atoms with Gasteiger partial charge in [-0.1, -0.05) is 71.4 Å². The second-order valence-electron chi connectivity index (χ2n) is 10.8. The maximum Gasteiger partial charge on any atom is 0.500 e. The van der Waals surface area contributed by atoms with Crippen LogP contribution < -0.4 is 0 Å². The van der Waals surface area contributed by atoms with E-state index in [9.17, 15) is 23.4 Å². The number of benzene rings is 3. The Balaban J connectivity index is 1.48. The second kappa shape index (κ2) is 12.4. The molecule has 1 aromatic heterocycles. The zero-order valence-electron chi connectivity index (χ0n) is 24.4. The van der Waals surface area contributed by atoms with Gasteiger partial charge >= 0.3 is 15.0 Å². The van der Waals surface area contributed by atoms with E-state index in [0.717, 1.165) is 29.3 Å². The molecule has 2 atom stereocenters. The first kappa shape index (κ1) is 32.3. The summed E-state index contributed by atoms with van der Waals surface area (Å²) in [6.07, 6.45) is -3.98. The van der Waals surface area contributed by atoms with Crippen molar-refractivity contribution in [3.8, 4) is 11.3 Å². The Hall–Kier alpha value is -3.10. The van der Waals surface area contributed by atoms with Crippen molar-refractivity contribution in [2.75, 3.05) is 21.3 Å². The Morgan fingerprint density at radius 2 is 1.59 bits per heavy atom. The molecule has 0 spiro atoms. The average molecular weight is 648 g/mol. The smallest absolute Gasteiger partial charge is 0.377 e. The van der Waals surface area contributed by atoms with Crippen LogP contribution in [-0.2, 0) is 36.8 Å². The van der Waals surface area contributed by atoms with Crippen molar-refractivity contribution < 1.29 is 36.7 Å². The Morgan fingerprint density at radius 1 is 0.955 bits per heavy atom. The number of aliphatic hydroxyl groups excluding tert-OH is 1. The van der Waals surface area contributed by atoms with Gasteiger partial charge in [0.25, 0.3) is 0 Å². The first-order valence-corrected chi connectivity index (χ1v) is 16.2. The summed E-state index contributed by atoms with van der Waals surface area (Å²) in [6, 6.07) is 20.0. The standard InChI is InChI=1S/C31H33ClF3N3O5Si/c1-41-44(42-2,43-3)17-7-16-38-19-27(36-37-38)21-10-12-23(13-11-21)29(22-8-5-4-6-9-22)20-30(29,28(39)40)25-18-24(31(33,34)35)14-15-26(25)32/h4-6,8-15,18-19,28,39-40H,7,16-17,20H2,1-3H3/t29-,30-/m0/s1. The quantitative estimate of drug-likeness (QED) is 0.148. The molecule has 44 heavy (non-hydrogen) atoms. The van der Waals surface area contributed by atoms with Gasteiger partial charge in [-0.2, -0.15) is 13.2 Å². The summed E-state index contributed by atoms with van der Waals surface area (Å²) in [5.41, 5.74) is -0.652. The molecule has 0 saturated heterocycles. The van der Waals surface area contributed by atoms with Crippen LogP contribution in [0.15, 0.2) is 79.0 Å². The Morgan fingerprint density at radius 3 is 2.18 bits per heavy atom. The highest BCUT2D eigenvalue weighted by Gasteiger charge is 2.73. The van der Waals surface area contributed by atoms with Crippen molar-refractivity contribution >= 4 is 20.4 Å². The summed E-state index contributed by atoms with van der Waals surface area (Å²) < 4.78 is 59.3. The Kier molecular flexibility index (Phi) is 9.07. The second-order valence-corrected chi connectivity index (χ2v) is 14.3. The summed E-state index contributed by atoms with van der Waals surface area (Å²) in [6.45, 7) is 0.571. The number of aromatic nitrogens is 3. The highest BCUT2D eigenvalue weighted by Crippen LogP contribution is 2.71. The van der Waals surface area contributed by atoms with Crippen molar-refractivity contribution in [1.82, 2.24) is 15.0 Å². The summed E-state index contributed by atoms with van der Waals surface area (Å²) in [5, 5.41) is 30.3. The molecule has 1 saturated carbocycles. The zero-order chi connectivity index (χ0) is 31.8. The van der Waals surface area contributed by atoms with E-state index in [-0.39, 0.29) is 17.0 Å². The zero-order valence-corrected chi connectivity index (χ0v) is 26.1. The van der Waals surface area contributed by atoms with Gasteiger partial charge in [0.1, 0.15) is 5.69 Å². The number of nitrogens with zero attached hydrogens (tertiary/aromatic N) is 3. The number of aliphatic hydroxyl groups is 2. The Labute approximate surface area is 259 Å². The Bertz CT molecular complexity index is 1580. The van der Waals surface area contributed by atoms with Gasteiger partial charge in [-0.3, -0.25) is 4.68 Å². The molecule has 0 radical (unpaired) electrons. The first-order valence-electron chi connectivity index (χ1n) is 13.9. The number of aryl methyl sites for hydroxylation is 1. The van der Waals surface area contributed by atoms with Gasteiger partial charge in [-0.25, -0.2) is 0 Å². The molecular weight excluding hydrogens is 615 g/mol. The topological polar surface area (TPSA) is 98.9 Å². The minimum atomic E-state index is -4.63. The summed E-state index contributed by atoms with van der Waals surface area (Å²) in [5.74, 6) is 0. The molecule has 8 nitrogen and oxygen atoms in total. The maximum atomic E-state index is 13.7. The predicted octanol–water partition coefficient (Wildman–Crippen LogP) is 5.82. The minimum absolute atomic E-state index is 0.0264. The molecule has 5 rings (SSSR count). The van der Waals surface area contributed by atoms with Crippen LogP contribution in [0, 0.1) is 0 Å². The number of alkyl halides is 3. The van der Waals surface area contributed by atoms with E-state index in [1.165, 1.54) is 0 Å². The number of hydrogen-bond acceptors (Lipinski definition) is 7. The summed E-state index contributed by atoms with van der Waals surface area (Å²) in [4.78, 5) is 0. The van der Waals surface area contributed by atoms with Gasteiger partial charge in [0.2, 0.25) is 0 Å². The average Bonchev–Trinajstić information content (AvgIpc) is 3.53. The van der Waals surface area contributed by atoms with Crippen LogP contribution in [0.2, 0.25) is 11.1 Å². The normalized spacial score (nSPS) is 20.3. The third-order valence-corrected chi connectivity index (χ3v) is 11.8. The molecule has 1 heterocycles. The van der Waals surface area contributed by atoms with Gasteiger partial charge in [-0.05, 0) is 47.7 Å². The predicted molar refractivity (Wildman–Crippen MR) is 160 cm³/mol. The highest BCUT2D eigenvalue weighted by molar-refractivity contribution is 6.60. The van der Waals surface area contributed by atoms with E-state index in [0.29, 0.717) is 30.3 Å². The molecule has 234 valence electrons. The molecule has 1 aliphatic rings. The van der Waals surface area contributed by atoms with Crippen molar-refractivity contribution in [1.29, 1.82) is 0 Å². The van der Waals surface area contributed by atoms with Crippen molar-refractivity contribution in [2.45, 2.75) is 48.7 Å². The van der Waals surface area contributed by atoms with Crippen LogP contribution >= 0.6 is 11.6 Å². The van der Waals surface area contributed by atoms with Crippen LogP contribution in [-0.4, -0.2) is 61.6 Å². The van der Waals surface area contributed by atoms with Crippen LogP contribution in [0.5, 0.6) is 0 Å². The highest BCUT2D eigenvalue weighted by atomic mass is 35.5. The molecule has 4 aromatic rings. The summed E-state index contributed by atoms with van der Waals surface area (Å²) >= 11 is 6.48. The fourth-order valence-corrected chi connectivity index (χ4v) is 8.27. The lowest BCUT2D eigenvalue weighted by Gasteiger charge is -2.30. The van der Waals surface area contributed by atoms with E-state index in [1.54, 1.807) is 26.0 Å². The molecule has 0 unspecified atom stereocenters. The minimum Gasteiger partial charge on any atom is -0.377 e. The number of rotatable bonds is 12. The lowest BCUT2D eigenvalue weighted by molar-refractivity contribution is -0.137. The lowest BCUT2D eigenvalue weighted by Crippen LogP contribution is -2.42. The lowest BCUT2D eigenvalue weighted by atomic mass is 9.76.